The molecule has 2 aromatic heterocycles. The van der Waals surface area contributed by atoms with Crippen LogP contribution in [0, 0.1) is 0 Å². The Bertz CT molecular complexity index is 2660. The number of H-pyrrole nitrogens is 1. The molecule has 6 aromatic rings. The van der Waals surface area contributed by atoms with E-state index >= 15 is 0 Å². The fourth-order valence-corrected chi connectivity index (χ4v) is 8.26. The third kappa shape index (κ3) is 20.0. The number of anilines is 2. The Morgan fingerprint density at radius 3 is 1.52 bits per heavy atom. The molecule has 0 aliphatic carbocycles. The van der Waals surface area contributed by atoms with Gasteiger partial charge in [-0.2, -0.15) is 0 Å². The summed E-state index contributed by atoms with van der Waals surface area (Å²) in [7, 11) is 3.88. The highest BCUT2D eigenvalue weighted by Gasteiger charge is 2.22. The fraction of sp³-hybridized carbons (Fsp3) is 0.321. The van der Waals surface area contributed by atoms with Gasteiger partial charge >= 0.3 is 0 Å². The average Bonchev–Trinajstić information content (AvgIpc) is 3.39. The predicted octanol–water partition coefficient (Wildman–Crippen LogP) is 8.46. The lowest BCUT2D eigenvalue weighted by molar-refractivity contribution is 0.111. The van der Waals surface area contributed by atoms with Gasteiger partial charge in [0.15, 0.2) is 11.6 Å². The molecule has 4 heterocycles. The lowest BCUT2D eigenvalue weighted by Gasteiger charge is -2.32. The highest BCUT2D eigenvalue weighted by Crippen LogP contribution is 2.18. The standard InChI is InChI=1S/C26H28N4O2.C19H24N4O.C7H5BrO.C4H12N2/c1-20(17-21-5-3-2-4-6-21)18-29-14-11-23(12-15-29)28-25-26(32)30(16-13-27-25)24-9-7-22(19-31)8-10-24;1-15(13-16-5-3-2-4-6-16)14-23-11-7-17(8-12-23)22-18-19(24)21-10-9-20-18;8-7-3-1-6(5-9)2-4-7;1-5-3-4-6-2/h2-10,13,16-17,19,23H,11-12,14-15,18H2,1H3,(H,27,28);2-6,9-10,13,17H,7-8,11-12,14H2,1H3,(H,20,22)(H,21,24);1-5H;5-6H,3-4H2,1-2H3/b20-17+;15-13+;;. The Morgan fingerprint density at radius 1 is 0.620 bits per heavy atom. The first-order chi connectivity index (χ1) is 34.6. The summed E-state index contributed by atoms with van der Waals surface area (Å²) >= 11 is 3.26. The minimum Gasteiger partial charge on any atom is -0.363 e. The van der Waals surface area contributed by atoms with Crippen molar-refractivity contribution in [1.29, 1.82) is 0 Å². The number of hydrogen-bond acceptors (Lipinski definition) is 12. The van der Waals surface area contributed by atoms with Gasteiger partial charge < -0.3 is 26.3 Å². The quantitative estimate of drug-likeness (QED) is 0.0464. The number of rotatable bonds is 16. The zero-order valence-corrected chi connectivity index (χ0v) is 43.0. The van der Waals surface area contributed by atoms with Crippen LogP contribution in [0.4, 0.5) is 11.6 Å². The Labute approximate surface area is 426 Å². The van der Waals surface area contributed by atoms with Crippen molar-refractivity contribution >= 4 is 52.3 Å². The van der Waals surface area contributed by atoms with Gasteiger partial charge in [0.1, 0.15) is 12.6 Å². The largest absolute Gasteiger partial charge is 0.363 e. The molecular weight excluding hydrogens is 957 g/mol. The van der Waals surface area contributed by atoms with E-state index in [0.29, 0.717) is 34.5 Å². The first-order valence-electron chi connectivity index (χ1n) is 24.2. The number of halogens is 1. The Morgan fingerprint density at radius 2 is 1.07 bits per heavy atom. The molecule has 0 unspecified atom stereocenters. The van der Waals surface area contributed by atoms with Crippen LogP contribution < -0.4 is 32.4 Å². The zero-order chi connectivity index (χ0) is 50.6. The number of aromatic nitrogens is 4. The topological polar surface area (TPSA) is 169 Å². The monoisotopic (exact) mass is 1020 g/mol. The minimum atomic E-state index is -0.185. The maximum Gasteiger partial charge on any atom is 0.297 e. The van der Waals surface area contributed by atoms with Crippen LogP contribution in [0.5, 0.6) is 0 Å². The van der Waals surface area contributed by atoms with E-state index < -0.39 is 0 Å². The molecule has 4 aromatic carbocycles. The van der Waals surface area contributed by atoms with Gasteiger partial charge in [-0.1, -0.05) is 112 Å². The lowest BCUT2D eigenvalue weighted by atomic mass is 10.0. The highest BCUT2D eigenvalue weighted by molar-refractivity contribution is 9.10. The zero-order valence-electron chi connectivity index (χ0n) is 41.4. The number of piperidine rings is 2. The Balaban J connectivity index is 0.000000209. The Hall–Kier alpha value is -6.62. The molecule has 0 amide bonds. The number of carbonyl (C=O) groups is 2. The number of likely N-dealkylation sites (N-methyl/N-ethyl adjacent to an activating group) is 2. The SMILES string of the molecule is C/C(=C\c1ccccc1)CN1CCC(Nc2ncc[nH]c2=O)CC1.C/C(=C\c1ccccc1)CN1CCC(Nc2nccn(-c3ccc(C=O)cc3)c2=O)CC1.CNCCNC.O=Cc1ccc(Br)cc1. The summed E-state index contributed by atoms with van der Waals surface area (Å²) in [6.45, 7) is 12.4. The Kier molecular flexibility index (Phi) is 24.0. The third-order valence-corrected chi connectivity index (χ3v) is 12.2. The van der Waals surface area contributed by atoms with Crippen molar-refractivity contribution in [3.8, 4) is 5.69 Å². The normalized spacial score (nSPS) is 14.6. The van der Waals surface area contributed by atoms with E-state index in [0.717, 1.165) is 95.1 Å². The molecule has 71 heavy (non-hydrogen) atoms. The van der Waals surface area contributed by atoms with Crippen LogP contribution in [0.3, 0.4) is 0 Å². The first kappa shape index (κ1) is 55.3. The van der Waals surface area contributed by atoms with Crippen molar-refractivity contribution in [3.63, 3.8) is 0 Å². The van der Waals surface area contributed by atoms with Gasteiger partial charge in [0.05, 0.1) is 0 Å². The molecule has 5 N–H and O–H groups in total. The number of hydrogen-bond donors (Lipinski definition) is 5. The highest BCUT2D eigenvalue weighted by atomic mass is 79.9. The summed E-state index contributed by atoms with van der Waals surface area (Å²) in [6, 6.07) is 35.5. The number of nitrogens with one attached hydrogen (secondary N) is 5. The molecule has 0 bridgehead atoms. The summed E-state index contributed by atoms with van der Waals surface area (Å²) in [5.41, 5.74) is 6.85. The number of nitrogens with zero attached hydrogens (tertiary/aromatic N) is 5. The van der Waals surface area contributed by atoms with Crippen LogP contribution in [-0.4, -0.2) is 120 Å². The molecule has 2 aliphatic heterocycles. The lowest BCUT2D eigenvalue weighted by Crippen LogP contribution is -2.41. The number of benzene rings is 4. The first-order valence-corrected chi connectivity index (χ1v) is 25.0. The van der Waals surface area contributed by atoms with Crippen LogP contribution in [0.1, 0.15) is 71.4 Å². The maximum absolute atomic E-state index is 12.9. The minimum absolute atomic E-state index is 0.151. The molecule has 0 atom stereocenters. The molecule has 8 rings (SSSR count). The molecule has 14 nitrogen and oxygen atoms in total. The van der Waals surface area contributed by atoms with E-state index in [1.54, 1.807) is 65.8 Å². The smallest absolute Gasteiger partial charge is 0.297 e. The number of likely N-dealkylation sites (tertiary alicyclic amines) is 2. The van der Waals surface area contributed by atoms with E-state index in [-0.39, 0.29) is 17.2 Å². The van der Waals surface area contributed by atoms with Gasteiger partial charge in [0.2, 0.25) is 0 Å². The van der Waals surface area contributed by atoms with E-state index in [1.807, 2.05) is 38.4 Å². The molecule has 374 valence electrons. The van der Waals surface area contributed by atoms with Gasteiger partial charge in [-0.25, -0.2) is 9.97 Å². The van der Waals surface area contributed by atoms with Crippen molar-refractivity contribution in [1.82, 2.24) is 40.0 Å². The second-order valence-electron chi connectivity index (χ2n) is 17.5. The van der Waals surface area contributed by atoms with Crippen LogP contribution in [0.2, 0.25) is 0 Å². The van der Waals surface area contributed by atoms with Crippen molar-refractivity contribution in [2.45, 2.75) is 51.6 Å². The number of aromatic amines is 1. The average molecular weight is 1030 g/mol. The van der Waals surface area contributed by atoms with Gasteiger partial charge in [-0.05, 0) is 101 Å². The summed E-state index contributed by atoms with van der Waals surface area (Å²) in [4.78, 5) is 61.5. The third-order valence-electron chi connectivity index (χ3n) is 11.7. The number of carbonyl (C=O) groups excluding carboxylic acids is 2. The van der Waals surface area contributed by atoms with Crippen molar-refractivity contribution in [2.24, 2.45) is 0 Å². The molecule has 15 heteroatoms. The van der Waals surface area contributed by atoms with Gasteiger partial charge in [0, 0.05) is 111 Å². The van der Waals surface area contributed by atoms with E-state index in [1.165, 1.54) is 22.3 Å². The van der Waals surface area contributed by atoms with Crippen LogP contribution in [0.15, 0.2) is 159 Å². The summed E-state index contributed by atoms with van der Waals surface area (Å²) in [5, 5.41) is 12.6. The molecule has 2 saturated heterocycles. The summed E-state index contributed by atoms with van der Waals surface area (Å²) in [5.74, 6) is 0.793. The van der Waals surface area contributed by atoms with E-state index in [9.17, 15) is 19.2 Å². The molecule has 2 aliphatic rings. The molecule has 0 spiro atoms. The van der Waals surface area contributed by atoms with Crippen molar-refractivity contribution < 1.29 is 9.59 Å². The van der Waals surface area contributed by atoms with Crippen LogP contribution in [0.25, 0.3) is 17.8 Å². The number of aldehydes is 2. The predicted molar refractivity (Wildman–Crippen MR) is 294 cm³/mol. The molecule has 0 radical (unpaired) electrons. The van der Waals surface area contributed by atoms with Gasteiger partial charge in [-0.3, -0.25) is 33.5 Å². The summed E-state index contributed by atoms with van der Waals surface area (Å²) in [6.07, 6.45) is 16.5. The van der Waals surface area contributed by atoms with Crippen molar-refractivity contribution in [2.75, 3.05) is 77.1 Å². The summed E-state index contributed by atoms with van der Waals surface area (Å²) < 4.78 is 2.55. The molecule has 2 fully saturated rings. The van der Waals surface area contributed by atoms with Gasteiger partial charge in [-0.15, -0.1) is 0 Å². The second kappa shape index (κ2) is 30.9. The molecule has 0 saturated carbocycles. The van der Waals surface area contributed by atoms with Gasteiger partial charge in [0.25, 0.3) is 11.1 Å². The van der Waals surface area contributed by atoms with E-state index in [2.05, 4.69) is 136 Å². The van der Waals surface area contributed by atoms with Crippen molar-refractivity contribution in [3.05, 3.63) is 193 Å². The van der Waals surface area contributed by atoms with Crippen LogP contribution in [-0.2, 0) is 0 Å². The van der Waals surface area contributed by atoms with E-state index in [4.69, 9.17) is 0 Å². The van der Waals surface area contributed by atoms with Crippen LogP contribution >= 0.6 is 15.9 Å². The second-order valence-corrected chi connectivity index (χ2v) is 18.4. The molecular formula is C56H69BrN10O4. The fourth-order valence-electron chi connectivity index (χ4n) is 8.00. The maximum atomic E-state index is 12.9.